The summed E-state index contributed by atoms with van der Waals surface area (Å²) in [6, 6.07) is 14.5. The monoisotopic (exact) mass is 435 g/mol. The molecule has 31 heavy (non-hydrogen) atoms. The molecule has 1 fully saturated rings. The molecule has 3 heterocycles. The van der Waals surface area contributed by atoms with E-state index in [-0.39, 0.29) is 23.8 Å². The van der Waals surface area contributed by atoms with E-state index in [1.54, 1.807) is 11.3 Å². The molecule has 3 aromatic rings. The van der Waals surface area contributed by atoms with Crippen LogP contribution in [0.1, 0.15) is 61.5 Å². The second-order valence-corrected chi connectivity index (χ2v) is 10.2. The number of fused-ring (bicyclic) bond motifs is 3. The zero-order valence-corrected chi connectivity index (χ0v) is 19.0. The first-order valence-electron chi connectivity index (χ1n) is 11.2. The maximum atomic E-state index is 13.7. The number of nitrogens with zero attached hydrogens (tertiary/aromatic N) is 2. The van der Waals surface area contributed by atoms with Gasteiger partial charge in [0, 0.05) is 12.6 Å². The Bertz CT molecular complexity index is 1110. The fourth-order valence-electron chi connectivity index (χ4n) is 5.13. The lowest BCUT2D eigenvalue weighted by Gasteiger charge is -2.45. The second-order valence-electron chi connectivity index (χ2n) is 9.24. The summed E-state index contributed by atoms with van der Waals surface area (Å²) >= 11 is 1.64. The number of benzene rings is 1. The molecule has 5 rings (SSSR count). The zero-order valence-electron chi connectivity index (χ0n) is 18.1. The molecule has 0 unspecified atom stereocenters. The predicted octanol–water partition coefficient (Wildman–Crippen LogP) is 4.78. The quantitative estimate of drug-likeness (QED) is 0.627. The number of hydrogen-bond acceptors (Lipinski definition) is 3. The molecule has 0 bridgehead atoms. The third-order valence-corrected chi connectivity index (χ3v) is 7.91. The Morgan fingerprint density at radius 3 is 2.71 bits per heavy atom. The number of aromatic nitrogens is 1. The van der Waals surface area contributed by atoms with E-state index in [1.807, 2.05) is 52.1 Å². The normalized spacial score (nSPS) is 22.6. The highest BCUT2D eigenvalue weighted by Gasteiger charge is 2.48. The van der Waals surface area contributed by atoms with Gasteiger partial charge >= 0.3 is 0 Å². The molecule has 0 spiro atoms. The number of nitrogens with one attached hydrogen (secondary N) is 1. The van der Waals surface area contributed by atoms with Crippen molar-refractivity contribution in [3.05, 3.63) is 59.1 Å². The number of thiophene rings is 1. The van der Waals surface area contributed by atoms with Crippen molar-refractivity contribution in [2.24, 2.45) is 0 Å². The van der Waals surface area contributed by atoms with E-state index in [9.17, 15) is 9.59 Å². The van der Waals surface area contributed by atoms with E-state index in [2.05, 4.69) is 24.4 Å². The highest BCUT2D eigenvalue weighted by atomic mass is 32.1. The number of amides is 2. The van der Waals surface area contributed by atoms with Crippen LogP contribution in [0, 0.1) is 0 Å². The number of carbonyl (C=O) groups excluding carboxylic acids is 2. The Hall–Kier alpha value is -2.60. The van der Waals surface area contributed by atoms with Crippen molar-refractivity contribution >= 4 is 33.4 Å². The lowest BCUT2D eigenvalue weighted by Crippen LogP contribution is -2.65. The van der Waals surface area contributed by atoms with Crippen LogP contribution in [-0.4, -0.2) is 39.4 Å². The van der Waals surface area contributed by atoms with E-state index in [4.69, 9.17) is 0 Å². The van der Waals surface area contributed by atoms with E-state index < -0.39 is 5.54 Å². The van der Waals surface area contributed by atoms with Gasteiger partial charge in [-0.2, -0.15) is 0 Å². The Balaban J connectivity index is 1.52. The molecule has 2 atom stereocenters. The van der Waals surface area contributed by atoms with Crippen LogP contribution < -0.4 is 5.32 Å². The molecule has 0 saturated heterocycles. The summed E-state index contributed by atoms with van der Waals surface area (Å²) in [6.45, 7) is 5.06. The van der Waals surface area contributed by atoms with E-state index in [0.717, 1.165) is 35.9 Å². The second kappa shape index (κ2) is 7.83. The lowest BCUT2D eigenvalue weighted by molar-refractivity contribution is -0.133. The topological polar surface area (TPSA) is 54.3 Å². The minimum atomic E-state index is -0.927. The first kappa shape index (κ1) is 20.3. The van der Waals surface area contributed by atoms with Crippen LogP contribution in [-0.2, 0) is 11.3 Å². The number of hydrogen-bond donors (Lipinski definition) is 1. The molecule has 2 aromatic heterocycles. The van der Waals surface area contributed by atoms with Gasteiger partial charge in [0.15, 0.2) is 0 Å². The van der Waals surface area contributed by atoms with Gasteiger partial charge in [-0.05, 0) is 48.8 Å². The maximum Gasteiger partial charge on any atom is 0.271 e. The van der Waals surface area contributed by atoms with Crippen molar-refractivity contribution < 1.29 is 9.59 Å². The molecular weight excluding hydrogens is 406 g/mol. The fourth-order valence-corrected chi connectivity index (χ4v) is 5.95. The average molecular weight is 436 g/mol. The summed E-state index contributed by atoms with van der Waals surface area (Å²) in [5.74, 6) is 0.0450. The first-order valence-corrected chi connectivity index (χ1v) is 12.1. The molecule has 0 radical (unpaired) electrons. The van der Waals surface area contributed by atoms with Crippen LogP contribution in [0.3, 0.4) is 0 Å². The van der Waals surface area contributed by atoms with Gasteiger partial charge in [0.05, 0.1) is 16.8 Å². The van der Waals surface area contributed by atoms with Crippen molar-refractivity contribution in [1.82, 2.24) is 14.8 Å². The van der Waals surface area contributed by atoms with E-state index >= 15 is 0 Å². The lowest BCUT2D eigenvalue weighted by atomic mass is 9.91. The van der Waals surface area contributed by atoms with Crippen LogP contribution >= 0.6 is 11.3 Å². The maximum absolute atomic E-state index is 13.7. The molecule has 162 valence electrons. The summed E-state index contributed by atoms with van der Waals surface area (Å²) in [7, 11) is 0. The minimum Gasteiger partial charge on any atom is -0.351 e. The van der Waals surface area contributed by atoms with Gasteiger partial charge in [-0.1, -0.05) is 50.1 Å². The van der Waals surface area contributed by atoms with Gasteiger partial charge in [-0.25, -0.2) is 0 Å². The summed E-state index contributed by atoms with van der Waals surface area (Å²) in [6.07, 6.45) is 4.37. The highest BCUT2D eigenvalue weighted by molar-refractivity contribution is 7.17. The Kier molecular flexibility index (Phi) is 5.13. The molecule has 1 N–H and O–H groups in total. The first-order chi connectivity index (χ1) is 15.0. The SMILES string of the molecule is C[C@@H](CN1C(=O)c2cc3sccc3n2C[C@]1(C)C(=O)NC1CCCC1)c1ccccc1. The van der Waals surface area contributed by atoms with Crippen molar-refractivity contribution in [3.63, 3.8) is 0 Å². The third kappa shape index (κ3) is 3.47. The Labute approximate surface area is 187 Å². The molecule has 1 saturated carbocycles. The van der Waals surface area contributed by atoms with E-state index in [1.165, 1.54) is 5.56 Å². The van der Waals surface area contributed by atoms with Gasteiger partial charge in [-0.3, -0.25) is 9.59 Å². The van der Waals surface area contributed by atoms with Crippen LogP contribution in [0.15, 0.2) is 47.8 Å². The van der Waals surface area contributed by atoms with Crippen LogP contribution in [0.2, 0.25) is 0 Å². The van der Waals surface area contributed by atoms with Gasteiger partial charge in [0.2, 0.25) is 5.91 Å². The molecule has 2 aliphatic rings. The minimum absolute atomic E-state index is 0.0317. The average Bonchev–Trinajstić information content (AvgIpc) is 3.50. The van der Waals surface area contributed by atoms with Crippen molar-refractivity contribution in [2.75, 3.05) is 6.54 Å². The Morgan fingerprint density at radius 2 is 1.97 bits per heavy atom. The van der Waals surface area contributed by atoms with Gasteiger partial charge < -0.3 is 14.8 Å². The van der Waals surface area contributed by atoms with E-state index in [0.29, 0.717) is 18.8 Å². The predicted molar refractivity (Wildman–Crippen MR) is 125 cm³/mol. The fraction of sp³-hybridized carbons (Fsp3) is 0.440. The molecule has 1 aliphatic carbocycles. The molecule has 2 amide bonds. The summed E-state index contributed by atoms with van der Waals surface area (Å²) in [4.78, 5) is 29.2. The number of rotatable bonds is 5. The molecule has 6 heteroatoms. The van der Waals surface area contributed by atoms with Crippen molar-refractivity contribution in [1.29, 1.82) is 0 Å². The van der Waals surface area contributed by atoms with Crippen LogP contribution in [0.25, 0.3) is 10.2 Å². The van der Waals surface area contributed by atoms with Crippen molar-refractivity contribution in [3.8, 4) is 0 Å². The smallest absolute Gasteiger partial charge is 0.271 e. The van der Waals surface area contributed by atoms with Crippen LogP contribution in [0.5, 0.6) is 0 Å². The summed E-state index contributed by atoms with van der Waals surface area (Å²) in [5.41, 5.74) is 1.98. The zero-order chi connectivity index (χ0) is 21.6. The summed E-state index contributed by atoms with van der Waals surface area (Å²) in [5, 5.41) is 5.32. The molecule has 1 aliphatic heterocycles. The van der Waals surface area contributed by atoms with Gasteiger partial charge in [0.1, 0.15) is 11.2 Å². The number of carbonyl (C=O) groups is 2. The largest absolute Gasteiger partial charge is 0.351 e. The third-order valence-electron chi connectivity index (χ3n) is 7.05. The molecule has 5 nitrogen and oxygen atoms in total. The molecular formula is C25H29N3O2S. The highest BCUT2D eigenvalue weighted by Crippen LogP contribution is 2.36. The van der Waals surface area contributed by atoms with Gasteiger partial charge in [0.25, 0.3) is 5.91 Å². The molecule has 1 aromatic carbocycles. The standard InChI is InChI=1S/C25H29N3O2S/c1-17(18-8-4-3-5-9-18)15-28-23(29)21-14-22-20(12-13-31-22)27(21)16-25(28,2)24(30)26-19-10-6-7-11-19/h3-5,8-9,12-14,17,19H,6-7,10-11,15-16H2,1-2H3,(H,26,30)/t17-,25+/m0/s1. The van der Waals surface area contributed by atoms with Crippen LogP contribution in [0.4, 0.5) is 0 Å². The van der Waals surface area contributed by atoms with Gasteiger partial charge in [-0.15, -0.1) is 11.3 Å². The summed E-state index contributed by atoms with van der Waals surface area (Å²) < 4.78 is 3.14. The van der Waals surface area contributed by atoms with Crippen molar-refractivity contribution in [2.45, 2.75) is 63.6 Å². The Morgan fingerprint density at radius 1 is 1.23 bits per heavy atom.